The first-order chi connectivity index (χ1) is 19.5. The summed E-state index contributed by atoms with van der Waals surface area (Å²) in [5.41, 5.74) is 4.76. The van der Waals surface area contributed by atoms with Gasteiger partial charge >= 0.3 is 0 Å². The summed E-state index contributed by atoms with van der Waals surface area (Å²) in [5, 5.41) is 10.1. The van der Waals surface area contributed by atoms with E-state index >= 15 is 0 Å². The lowest BCUT2D eigenvalue weighted by atomic mass is 10.1. The third kappa shape index (κ3) is 5.32. The topological polar surface area (TPSA) is 122 Å². The standard InChI is InChI=1S/C29H28N6O4S/c36-16-13-31-40(37,38)25-11-6-22(7-12-25)27-19-30-28(34-14-17-39-18-15-34)29-33-24(20-35(27)29)10-9-23-8-5-21-3-1-2-4-26(21)32-23/h1-12,19-20,31,36H,13-18H2/b10-9+. The van der Waals surface area contributed by atoms with Crippen LogP contribution < -0.4 is 9.62 Å². The Labute approximate surface area is 231 Å². The molecule has 1 aliphatic heterocycles. The number of anilines is 1. The van der Waals surface area contributed by atoms with Gasteiger partial charge in [-0.25, -0.2) is 28.1 Å². The van der Waals surface area contributed by atoms with Gasteiger partial charge in [0.15, 0.2) is 11.5 Å². The Kier molecular flexibility index (Phi) is 7.27. The Bertz CT molecular complexity index is 1800. The molecule has 204 valence electrons. The number of imidazole rings is 1. The van der Waals surface area contributed by atoms with E-state index < -0.39 is 10.0 Å². The van der Waals surface area contributed by atoms with E-state index in [1.54, 1.807) is 30.5 Å². The van der Waals surface area contributed by atoms with Gasteiger partial charge in [-0.1, -0.05) is 36.4 Å². The first-order valence-electron chi connectivity index (χ1n) is 13.0. The molecule has 0 aliphatic carbocycles. The van der Waals surface area contributed by atoms with E-state index in [0.29, 0.717) is 32.0 Å². The van der Waals surface area contributed by atoms with Crippen LogP contribution in [0.15, 0.2) is 78.0 Å². The van der Waals surface area contributed by atoms with Crippen LogP contribution in [-0.4, -0.2) is 72.3 Å². The van der Waals surface area contributed by atoms with E-state index in [1.807, 2.05) is 59.1 Å². The van der Waals surface area contributed by atoms with Crippen LogP contribution in [0, 0.1) is 0 Å². The fraction of sp³-hybridized carbons (Fsp3) is 0.207. The van der Waals surface area contributed by atoms with Crippen molar-refractivity contribution in [2.24, 2.45) is 0 Å². The number of fused-ring (bicyclic) bond motifs is 2. The van der Waals surface area contributed by atoms with Crippen molar-refractivity contribution in [2.75, 3.05) is 44.4 Å². The summed E-state index contributed by atoms with van der Waals surface area (Å²) in [7, 11) is -3.71. The van der Waals surface area contributed by atoms with E-state index in [0.717, 1.165) is 39.4 Å². The Morgan fingerprint density at radius 1 is 0.950 bits per heavy atom. The second-order valence-corrected chi connectivity index (χ2v) is 11.1. The number of aliphatic hydroxyl groups excluding tert-OH is 1. The molecule has 1 aliphatic rings. The minimum Gasteiger partial charge on any atom is -0.395 e. The molecule has 2 aromatic carbocycles. The molecule has 1 fully saturated rings. The van der Waals surface area contributed by atoms with Gasteiger partial charge in [-0.3, -0.25) is 4.40 Å². The second kappa shape index (κ2) is 11.1. The first kappa shape index (κ1) is 26.1. The van der Waals surface area contributed by atoms with Gasteiger partial charge in [0.05, 0.1) is 53.5 Å². The van der Waals surface area contributed by atoms with Gasteiger partial charge in [0, 0.05) is 36.8 Å². The molecule has 6 rings (SSSR count). The lowest BCUT2D eigenvalue weighted by molar-refractivity contribution is 0.122. The van der Waals surface area contributed by atoms with Gasteiger partial charge < -0.3 is 14.7 Å². The molecule has 0 atom stereocenters. The van der Waals surface area contributed by atoms with E-state index in [1.165, 1.54) is 0 Å². The Morgan fingerprint density at radius 2 is 1.73 bits per heavy atom. The zero-order valence-electron chi connectivity index (χ0n) is 21.6. The molecule has 40 heavy (non-hydrogen) atoms. The predicted molar refractivity (Wildman–Crippen MR) is 154 cm³/mol. The van der Waals surface area contributed by atoms with Gasteiger partial charge in [-0.2, -0.15) is 0 Å². The Balaban J connectivity index is 1.38. The number of benzene rings is 2. The van der Waals surface area contributed by atoms with Gasteiger partial charge in [-0.05, 0) is 36.4 Å². The third-order valence-electron chi connectivity index (χ3n) is 6.71. The van der Waals surface area contributed by atoms with Crippen LogP contribution in [0.2, 0.25) is 0 Å². The number of hydrogen-bond donors (Lipinski definition) is 2. The molecule has 0 bridgehead atoms. The number of rotatable bonds is 8. The van der Waals surface area contributed by atoms with Crippen LogP contribution in [0.1, 0.15) is 11.4 Å². The van der Waals surface area contributed by atoms with Crippen molar-refractivity contribution in [1.82, 2.24) is 24.1 Å². The number of morpholine rings is 1. The number of hydrogen-bond acceptors (Lipinski definition) is 8. The molecule has 4 heterocycles. The second-order valence-electron chi connectivity index (χ2n) is 9.33. The molecule has 0 amide bonds. The van der Waals surface area contributed by atoms with Crippen molar-refractivity contribution in [1.29, 1.82) is 0 Å². The number of pyridine rings is 1. The molecule has 3 aromatic heterocycles. The average Bonchev–Trinajstić information content (AvgIpc) is 3.43. The molecule has 10 nitrogen and oxygen atoms in total. The maximum Gasteiger partial charge on any atom is 0.240 e. The van der Waals surface area contributed by atoms with E-state index in [4.69, 9.17) is 24.8 Å². The number of nitrogens with one attached hydrogen (secondary N) is 1. The molecule has 11 heteroatoms. The lowest BCUT2D eigenvalue weighted by Crippen LogP contribution is -2.37. The van der Waals surface area contributed by atoms with Crippen LogP contribution >= 0.6 is 0 Å². The van der Waals surface area contributed by atoms with Crippen molar-refractivity contribution in [3.05, 3.63) is 84.4 Å². The lowest BCUT2D eigenvalue weighted by Gasteiger charge is -2.28. The zero-order chi connectivity index (χ0) is 27.5. The number of aliphatic hydroxyl groups is 1. The summed E-state index contributed by atoms with van der Waals surface area (Å²) < 4.78 is 34.8. The Morgan fingerprint density at radius 3 is 2.52 bits per heavy atom. The normalized spacial score (nSPS) is 14.5. The molecular weight excluding hydrogens is 528 g/mol. The van der Waals surface area contributed by atoms with Crippen molar-refractivity contribution >= 4 is 44.5 Å². The SMILES string of the molecule is O=S(=O)(NCCO)c1ccc(-c2cnc(N3CCOCC3)c3nc(/C=C/c4ccc5ccccc5n4)cn23)cc1. The molecule has 2 N–H and O–H groups in total. The maximum atomic E-state index is 12.5. The fourth-order valence-electron chi connectivity index (χ4n) is 4.69. The van der Waals surface area contributed by atoms with Crippen molar-refractivity contribution in [3.8, 4) is 11.3 Å². The number of ether oxygens (including phenoxy) is 1. The van der Waals surface area contributed by atoms with Crippen molar-refractivity contribution in [2.45, 2.75) is 4.90 Å². The van der Waals surface area contributed by atoms with Crippen molar-refractivity contribution in [3.63, 3.8) is 0 Å². The molecular formula is C29H28N6O4S. The average molecular weight is 557 g/mol. The highest BCUT2D eigenvalue weighted by molar-refractivity contribution is 7.89. The fourth-order valence-corrected chi connectivity index (χ4v) is 5.71. The minimum absolute atomic E-state index is 0.0440. The number of aromatic nitrogens is 4. The summed E-state index contributed by atoms with van der Waals surface area (Å²) in [4.78, 5) is 16.7. The van der Waals surface area contributed by atoms with Gasteiger partial charge in [0.25, 0.3) is 0 Å². The largest absolute Gasteiger partial charge is 0.395 e. The highest BCUT2D eigenvalue weighted by Gasteiger charge is 2.20. The third-order valence-corrected chi connectivity index (χ3v) is 8.19. The summed E-state index contributed by atoms with van der Waals surface area (Å²) in [6.07, 6.45) is 7.60. The molecule has 0 radical (unpaired) electrons. The summed E-state index contributed by atoms with van der Waals surface area (Å²) >= 11 is 0. The highest BCUT2D eigenvalue weighted by atomic mass is 32.2. The summed E-state index contributed by atoms with van der Waals surface area (Å²) in [5.74, 6) is 0.767. The van der Waals surface area contributed by atoms with Crippen molar-refractivity contribution < 1.29 is 18.3 Å². The van der Waals surface area contributed by atoms with E-state index in [2.05, 4.69) is 9.62 Å². The first-order valence-corrected chi connectivity index (χ1v) is 14.5. The minimum atomic E-state index is -3.71. The molecule has 5 aromatic rings. The van der Waals surface area contributed by atoms with Crippen LogP contribution in [-0.2, 0) is 14.8 Å². The summed E-state index contributed by atoms with van der Waals surface area (Å²) in [6, 6.07) is 18.6. The van der Waals surface area contributed by atoms with Gasteiger partial charge in [0.2, 0.25) is 10.0 Å². The monoisotopic (exact) mass is 556 g/mol. The maximum absolute atomic E-state index is 12.5. The van der Waals surface area contributed by atoms with Gasteiger partial charge in [-0.15, -0.1) is 0 Å². The van der Waals surface area contributed by atoms with Crippen LogP contribution in [0.3, 0.4) is 0 Å². The molecule has 0 spiro atoms. The number of para-hydroxylation sites is 1. The molecule has 0 saturated carbocycles. The van der Waals surface area contributed by atoms with Gasteiger partial charge in [0.1, 0.15) is 0 Å². The predicted octanol–water partition coefficient (Wildman–Crippen LogP) is 3.22. The quantitative estimate of drug-likeness (QED) is 0.299. The number of sulfonamides is 1. The Hall–Kier alpha value is -4.16. The summed E-state index contributed by atoms with van der Waals surface area (Å²) in [6.45, 7) is 2.36. The molecule has 1 saturated heterocycles. The molecule has 0 unspecified atom stereocenters. The van der Waals surface area contributed by atoms with Crippen LogP contribution in [0.25, 0.3) is 40.0 Å². The van der Waals surface area contributed by atoms with E-state index in [9.17, 15) is 8.42 Å². The highest BCUT2D eigenvalue weighted by Crippen LogP contribution is 2.28. The van der Waals surface area contributed by atoms with E-state index in [-0.39, 0.29) is 18.0 Å². The smallest absolute Gasteiger partial charge is 0.240 e. The number of nitrogens with zero attached hydrogens (tertiary/aromatic N) is 5. The van der Waals surface area contributed by atoms with Crippen LogP contribution in [0.5, 0.6) is 0 Å². The van der Waals surface area contributed by atoms with Crippen LogP contribution in [0.4, 0.5) is 5.82 Å². The zero-order valence-corrected chi connectivity index (χ0v) is 22.5.